The Bertz CT molecular complexity index is 570. The zero-order valence-electron chi connectivity index (χ0n) is 16.4. The van der Waals surface area contributed by atoms with E-state index in [1.165, 1.54) is 69.8 Å². The smallest absolute Gasteiger partial charge is 0.139 e. The van der Waals surface area contributed by atoms with Gasteiger partial charge >= 0.3 is 0 Å². The fraction of sp³-hybridized carbons (Fsp3) is 0.739. The molecule has 0 aromatic heterocycles. The summed E-state index contributed by atoms with van der Waals surface area (Å²) in [6.07, 6.45) is 13.9. The summed E-state index contributed by atoms with van der Waals surface area (Å²) >= 11 is 13.0. The Labute approximate surface area is 169 Å². The Balaban J connectivity index is 1.55. The van der Waals surface area contributed by atoms with E-state index in [0.717, 1.165) is 17.8 Å². The zero-order chi connectivity index (χ0) is 18.5. The van der Waals surface area contributed by atoms with Crippen LogP contribution in [0.3, 0.4) is 0 Å². The van der Waals surface area contributed by atoms with Crippen LogP contribution in [0.4, 0.5) is 0 Å². The molecule has 0 heterocycles. The first-order valence-corrected chi connectivity index (χ1v) is 11.5. The molecule has 146 valence electrons. The summed E-state index contributed by atoms with van der Waals surface area (Å²) in [6, 6.07) is 4.13. The van der Waals surface area contributed by atoms with Gasteiger partial charge in [0.05, 0.1) is 11.6 Å². The van der Waals surface area contributed by atoms with E-state index >= 15 is 0 Å². The van der Waals surface area contributed by atoms with Gasteiger partial charge in [0.2, 0.25) is 0 Å². The minimum atomic E-state index is 0.559. The highest BCUT2D eigenvalue weighted by atomic mass is 35.5. The Kier molecular flexibility index (Phi) is 7.58. The molecule has 1 aromatic rings. The predicted octanol–water partition coefficient (Wildman–Crippen LogP) is 8.27. The molecule has 0 aliphatic heterocycles. The van der Waals surface area contributed by atoms with Crippen molar-refractivity contribution in [1.29, 1.82) is 0 Å². The second kappa shape index (κ2) is 9.69. The predicted molar refractivity (Wildman–Crippen MR) is 113 cm³/mol. The lowest BCUT2D eigenvalue weighted by Crippen LogP contribution is -2.25. The molecule has 26 heavy (non-hydrogen) atoms. The molecule has 0 amide bonds. The molecular formula is C23H34Cl2O. The van der Waals surface area contributed by atoms with Gasteiger partial charge in [-0.25, -0.2) is 0 Å². The number of benzene rings is 1. The largest absolute Gasteiger partial charge is 0.492 e. The summed E-state index contributed by atoms with van der Waals surface area (Å²) in [6.45, 7) is 4.90. The number of hydrogen-bond donors (Lipinski definition) is 0. The highest BCUT2D eigenvalue weighted by molar-refractivity contribution is 6.43. The summed E-state index contributed by atoms with van der Waals surface area (Å²) < 4.78 is 5.57. The molecule has 3 rings (SSSR count). The first-order valence-electron chi connectivity index (χ1n) is 10.7. The van der Waals surface area contributed by atoms with Crippen LogP contribution in [0.1, 0.15) is 89.5 Å². The van der Waals surface area contributed by atoms with Crippen molar-refractivity contribution in [2.75, 3.05) is 6.61 Å². The summed E-state index contributed by atoms with van der Waals surface area (Å²) in [4.78, 5) is 0. The second-order valence-electron chi connectivity index (χ2n) is 8.40. The van der Waals surface area contributed by atoms with Gasteiger partial charge in [0.1, 0.15) is 10.8 Å². The minimum absolute atomic E-state index is 0.559. The Morgan fingerprint density at radius 2 is 1.46 bits per heavy atom. The van der Waals surface area contributed by atoms with Crippen molar-refractivity contribution < 1.29 is 4.74 Å². The lowest BCUT2D eigenvalue weighted by Gasteiger charge is -2.38. The van der Waals surface area contributed by atoms with Crippen molar-refractivity contribution >= 4 is 23.2 Å². The molecule has 1 nitrogen and oxygen atoms in total. The Morgan fingerprint density at radius 3 is 2.04 bits per heavy atom. The molecule has 1 aromatic carbocycles. The lowest BCUT2D eigenvalue weighted by molar-refractivity contribution is 0.156. The van der Waals surface area contributed by atoms with Crippen molar-refractivity contribution in [2.24, 2.45) is 17.8 Å². The first kappa shape index (κ1) is 20.3. The van der Waals surface area contributed by atoms with E-state index in [9.17, 15) is 0 Å². The van der Waals surface area contributed by atoms with Gasteiger partial charge in [-0.3, -0.25) is 0 Å². The number of rotatable bonds is 6. The maximum Gasteiger partial charge on any atom is 0.139 e. The normalized spacial score (nSPS) is 29.5. The quantitative estimate of drug-likeness (QED) is 0.469. The van der Waals surface area contributed by atoms with Gasteiger partial charge in [0.25, 0.3) is 0 Å². The summed E-state index contributed by atoms with van der Waals surface area (Å²) in [7, 11) is 0. The van der Waals surface area contributed by atoms with Crippen LogP contribution in [0.5, 0.6) is 5.75 Å². The van der Waals surface area contributed by atoms with Gasteiger partial charge in [-0.1, -0.05) is 61.9 Å². The topological polar surface area (TPSA) is 9.23 Å². The average molecular weight is 397 g/mol. The van der Waals surface area contributed by atoms with E-state index in [1.807, 2.05) is 13.0 Å². The molecule has 0 bridgehead atoms. The van der Waals surface area contributed by atoms with Crippen LogP contribution in [0.15, 0.2) is 12.1 Å². The molecule has 2 saturated carbocycles. The van der Waals surface area contributed by atoms with E-state index in [2.05, 4.69) is 13.0 Å². The SMILES string of the molecule is CCCC1CCC(C2CCC(c3ccc(OCC)c(Cl)c3Cl)CC2)CC1. The number of hydrogen-bond acceptors (Lipinski definition) is 1. The van der Waals surface area contributed by atoms with Crippen LogP contribution in [0.25, 0.3) is 0 Å². The fourth-order valence-corrected chi connectivity index (χ4v) is 5.92. The minimum Gasteiger partial charge on any atom is -0.492 e. The fourth-order valence-electron chi connectivity index (χ4n) is 5.39. The van der Waals surface area contributed by atoms with Crippen LogP contribution in [-0.4, -0.2) is 6.61 Å². The van der Waals surface area contributed by atoms with E-state index in [-0.39, 0.29) is 0 Å². The standard InChI is InChI=1S/C23H34Cl2O/c1-3-5-16-6-8-17(9-7-16)18-10-12-19(13-11-18)20-14-15-21(26-4-2)23(25)22(20)24/h14-19H,3-13H2,1-2H3. The van der Waals surface area contributed by atoms with Crippen molar-refractivity contribution in [3.63, 3.8) is 0 Å². The maximum absolute atomic E-state index is 6.59. The summed E-state index contributed by atoms with van der Waals surface area (Å²) in [5.74, 6) is 4.19. The Morgan fingerprint density at radius 1 is 0.846 bits per heavy atom. The van der Waals surface area contributed by atoms with Crippen molar-refractivity contribution in [3.8, 4) is 5.75 Å². The molecule has 2 fully saturated rings. The molecule has 0 radical (unpaired) electrons. The molecule has 3 heteroatoms. The van der Waals surface area contributed by atoms with Gasteiger partial charge in [0.15, 0.2) is 0 Å². The first-order chi connectivity index (χ1) is 12.6. The third kappa shape index (κ3) is 4.71. The molecule has 0 atom stereocenters. The van der Waals surface area contributed by atoms with Crippen LogP contribution in [-0.2, 0) is 0 Å². The van der Waals surface area contributed by atoms with E-state index in [1.54, 1.807) is 0 Å². The molecule has 2 aliphatic carbocycles. The number of ether oxygens (including phenoxy) is 1. The molecule has 0 saturated heterocycles. The lowest BCUT2D eigenvalue weighted by atomic mass is 9.68. The van der Waals surface area contributed by atoms with Crippen LogP contribution >= 0.6 is 23.2 Å². The second-order valence-corrected chi connectivity index (χ2v) is 9.15. The molecule has 0 N–H and O–H groups in total. The van der Waals surface area contributed by atoms with Crippen LogP contribution in [0, 0.1) is 17.8 Å². The molecule has 0 spiro atoms. The summed E-state index contributed by atoms with van der Waals surface area (Å²) in [5.41, 5.74) is 1.23. The van der Waals surface area contributed by atoms with Gasteiger partial charge in [-0.05, 0) is 80.8 Å². The van der Waals surface area contributed by atoms with Gasteiger partial charge in [-0.2, -0.15) is 0 Å². The zero-order valence-corrected chi connectivity index (χ0v) is 17.9. The van der Waals surface area contributed by atoms with Gasteiger partial charge in [0, 0.05) is 0 Å². The van der Waals surface area contributed by atoms with Gasteiger partial charge < -0.3 is 4.74 Å². The third-order valence-corrected chi connectivity index (χ3v) is 7.72. The monoisotopic (exact) mass is 396 g/mol. The van der Waals surface area contributed by atoms with E-state index in [4.69, 9.17) is 27.9 Å². The highest BCUT2D eigenvalue weighted by Gasteiger charge is 2.32. The van der Waals surface area contributed by atoms with Crippen molar-refractivity contribution in [2.45, 2.75) is 84.0 Å². The van der Waals surface area contributed by atoms with E-state index < -0.39 is 0 Å². The van der Waals surface area contributed by atoms with Crippen LogP contribution in [0.2, 0.25) is 10.0 Å². The Hall–Kier alpha value is -0.400. The maximum atomic E-state index is 6.59. The van der Waals surface area contributed by atoms with Crippen molar-refractivity contribution in [1.82, 2.24) is 0 Å². The third-order valence-electron chi connectivity index (χ3n) is 6.84. The molecule has 0 unspecified atom stereocenters. The number of halogens is 2. The van der Waals surface area contributed by atoms with Gasteiger partial charge in [-0.15, -0.1) is 0 Å². The highest BCUT2D eigenvalue weighted by Crippen LogP contribution is 2.47. The summed E-state index contributed by atoms with van der Waals surface area (Å²) in [5, 5.41) is 1.29. The van der Waals surface area contributed by atoms with Crippen LogP contribution < -0.4 is 4.74 Å². The molecule has 2 aliphatic rings. The average Bonchev–Trinajstić information content (AvgIpc) is 2.67. The van der Waals surface area contributed by atoms with Crippen molar-refractivity contribution in [3.05, 3.63) is 27.7 Å². The van der Waals surface area contributed by atoms with E-state index in [0.29, 0.717) is 28.3 Å². The molecular weight excluding hydrogens is 363 g/mol.